The molecule has 5 heteroatoms. The molecule has 1 saturated heterocycles. The molecule has 1 aliphatic rings. The molecule has 0 aliphatic carbocycles. The van der Waals surface area contributed by atoms with Gasteiger partial charge in [-0.2, -0.15) is 0 Å². The van der Waals surface area contributed by atoms with E-state index in [0.717, 1.165) is 5.56 Å². The van der Waals surface area contributed by atoms with E-state index in [4.69, 9.17) is 0 Å². The highest BCUT2D eigenvalue weighted by Crippen LogP contribution is 2.22. The second kappa shape index (κ2) is 3.10. The molecule has 0 spiro atoms. The molecule has 72 valence electrons. The average molecular weight is 191 g/mol. The molecule has 5 nitrogen and oxygen atoms in total. The monoisotopic (exact) mass is 191 g/mol. The van der Waals surface area contributed by atoms with Gasteiger partial charge in [0.15, 0.2) is 0 Å². The van der Waals surface area contributed by atoms with E-state index < -0.39 is 6.04 Å². The number of imide groups is 1. The smallest absolute Gasteiger partial charge is 0.311 e. The molecule has 0 aromatic carbocycles. The summed E-state index contributed by atoms with van der Waals surface area (Å²) < 4.78 is 0. The van der Waals surface area contributed by atoms with Crippen molar-refractivity contribution in [3.05, 3.63) is 30.1 Å². The van der Waals surface area contributed by atoms with Crippen LogP contribution in [0, 0.1) is 0 Å². The summed E-state index contributed by atoms with van der Waals surface area (Å²) in [4.78, 5) is 27.8. The number of pyridine rings is 1. The van der Waals surface area contributed by atoms with Gasteiger partial charge in [0.25, 0.3) is 5.91 Å². The molecule has 3 amide bonds. The minimum Gasteiger partial charge on any atom is -0.311 e. The van der Waals surface area contributed by atoms with Crippen LogP contribution in [0.3, 0.4) is 0 Å². The van der Waals surface area contributed by atoms with Crippen LogP contribution in [-0.4, -0.2) is 28.9 Å². The number of amides is 3. The molecule has 2 heterocycles. The molecule has 1 unspecified atom stereocenters. The Kier molecular flexibility index (Phi) is 1.92. The number of carbonyl (C=O) groups excluding carboxylic acids is 2. The first-order chi connectivity index (χ1) is 6.70. The van der Waals surface area contributed by atoms with Crippen LogP contribution in [0.5, 0.6) is 0 Å². The third kappa shape index (κ3) is 1.22. The first kappa shape index (κ1) is 8.68. The van der Waals surface area contributed by atoms with E-state index in [1.54, 1.807) is 31.6 Å². The number of hydrogen-bond donors (Lipinski definition) is 1. The van der Waals surface area contributed by atoms with Crippen molar-refractivity contribution in [2.75, 3.05) is 7.05 Å². The Balaban J connectivity index is 2.36. The van der Waals surface area contributed by atoms with Crippen molar-refractivity contribution in [2.45, 2.75) is 6.04 Å². The van der Waals surface area contributed by atoms with Crippen LogP contribution in [-0.2, 0) is 4.79 Å². The Labute approximate surface area is 80.7 Å². The van der Waals surface area contributed by atoms with E-state index in [-0.39, 0.29) is 11.9 Å². The maximum Gasteiger partial charge on any atom is 0.324 e. The molecule has 0 bridgehead atoms. The summed E-state index contributed by atoms with van der Waals surface area (Å²) in [6.45, 7) is 0. The summed E-state index contributed by atoms with van der Waals surface area (Å²) in [7, 11) is 1.59. The normalized spacial score (nSPS) is 21.2. The summed E-state index contributed by atoms with van der Waals surface area (Å²) in [5, 5.41) is 2.24. The lowest BCUT2D eigenvalue weighted by atomic mass is 10.1. The molecular weight excluding hydrogens is 182 g/mol. The van der Waals surface area contributed by atoms with Gasteiger partial charge in [0, 0.05) is 19.4 Å². The van der Waals surface area contributed by atoms with E-state index in [2.05, 4.69) is 10.3 Å². The number of hydrogen-bond acceptors (Lipinski definition) is 3. The van der Waals surface area contributed by atoms with Crippen LogP contribution < -0.4 is 5.32 Å². The number of rotatable bonds is 1. The SMILES string of the molecule is CN1C(=O)NC(=O)C1c1ccncc1. The quantitative estimate of drug-likeness (QED) is 0.649. The van der Waals surface area contributed by atoms with E-state index >= 15 is 0 Å². The Morgan fingerprint density at radius 1 is 1.36 bits per heavy atom. The van der Waals surface area contributed by atoms with Crippen LogP contribution >= 0.6 is 0 Å². The zero-order valence-corrected chi connectivity index (χ0v) is 7.60. The second-order valence-electron chi connectivity index (χ2n) is 3.09. The number of aromatic nitrogens is 1. The summed E-state index contributed by atoms with van der Waals surface area (Å²) in [5.74, 6) is -0.288. The highest BCUT2D eigenvalue weighted by Gasteiger charge is 2.36. The highest BCUT2D eigenvalue weighted by molar-refractivity contribution is 6.04. The van der Waals surface area contributed by atoms with Gasteiger partial charge in [0.2, 0.25) is 0 Å². The fraction of sp³-hybridized carbons (Fsp3) is 0.222. The minimum absolute atomic E-state index is 0.288. The zero-order chi connectivity index (χ0) is 10.1. The molecule has 1 aromatic rings. The lowest BCUT2D eigenvalue weighted by molar-refractivity contribution is -0.121. The fourth-order valence-electron chi connectivity index (χ4n) is 1.48. The molecule has 0 radical (unpaired) electrons. The fourth-order valence-corrected chi connectivity index (χ4v) is 1.48. The van der Waals surface area contributed by atoms with Crippen LogP contribution in [0.4, 0.5) is 4.79 Å². The van der Waals surface area contributed by atoms with Gasteiger partial charge in [0.05, 0.1) is 0 Å². The maximum absolute atomic E-state index is 11.4. The Morgan fingerprint density at radius 3 is 2.50 bits per heavy atom. The average Bonchev–Trinajstić information content (AvgIpc) is 2.43. The Hall–Kier alpha value is -1.91. The van der Waals surface area contributed by atoms with Gasteiger partial charge in [0.1, 0.15) is 6.04 Å². The van der Waals surface area contributed by atoms with Gasteiger partial charge in [-0.05, 0) is 17.7 Å². The topological polar surface area (TPSA) is 62.3 Å². The third-order valence-corrected chi connectivity index (χ3v) is 2.21. The van der Waals surface area contributed by atoms with Crippen molar-refractivity contribution in [2.24, 2.45) is 0 Å². The number of urea groups is 1. The summed E-state index contributed by atoms with van der Waals surface area (Å²) >= 11 is 0. The first-order valence-electron chi connectivity index (χ1n) is 4.18. The molecule has 1 fully saturated rings. The van der Waals surface area contributed by atoms with E-state index in [1.807, 2.05) is 0 Å². The predicted octanol–water partition coefficient (Wildman–Crippen LogP) is 0.304. The Morgan fingerprint density at radius 2 is 2.00 bits per heavy atom. The van der Waals surface area contributed by atoms with Gasteiger partial charge in [-0.25, -0.2) is 4.79 Å². The largest absolute Gasteiger partial charge is 0.324 e. The summed E-state index contributed by atoms with van der Waals surface area (Å²) in [6.07, 6.45) is 3.19. The molecule has 1 N–H and O–H groups in total. The molecule has 0 saturated carbocycles. The van der Waals surface area contributed by atoms with Gasteiger partial charge in [-0.15, -0.1) is 0 Å². The van der Waals surface area contributed by atoms with Gasteiger partial charge < -0.3 is 4.90 Å². The van der Waals surface area contributed by atoms with Crippen molar-refractivity contribution < 1.29 is 9.59 Å². The molecule has 1 atom stereocenters. The van der Waals surface area contributed by atoms with Crippen molar-refractivity contribution in [3.8, 4) is 0 Å². The van der Waals surface area contributed by atoms with E-state index in [9.17, 15) is 9.59 Å². The number of nitrogens with zero attached hydrogens (tertiary/aromatic N) is 2. The summed E-state index contributed by atoms with van der Waals surface area (Å²) in [5.41, 5.74) is 0.769. The van der Waals surface area contributed by atoms with Crippen molar-refractivity contribution in [1.29, 1.82) is 0 Å². The number of nitrogens with one attached hydrogen (secondary N) is 1. The molecule has 2 rings (SSSR count). The van der Waals surface area contributed by atoms with Crippen LogP contribution in [0.25, 0.3) is 0 Å². The van der Waals surface area contributed by atoms with Crippen molar-refractivity contribution in [3.63, 3.8) is 0 Å². The van der Waals surface area contributed by atoms with Crippen molar-refractivity contribution >= 4 is 11.9 Å². The Bertz CT molecular complexity index is 377. The molecule has 1 aliphatic heterocycles. The van der Waals surface area contributed by atoms with Gasteiger partial charge in [-0.1, -0.05) is 0 Å². The molecule has 14 heavy (non-hydrogen) atoms. The first-order valence-corrected chi connectivity index (χ1v) is 4.18. The molecule has 1 aromatic heterocycles. The van der Waals surface area contributed by atoms with Crippen LogP contribution in [0.15, 0.2) is 24.5 Å². The van der Waals surface area contributed by atoms with E-state index in [1.165, 1.54) is 4.90 Å². The number of likely N-dealkylation sites (N-methyl/N-ethyl adjacent to an activating group) is 1. The molecular formula is C9H9N3O2. The van der Waals surface area contributed by atoms with E-state index in [0.29, 0.717) is 0 Å². The van der Waals surface area contributed by atoms with Gasteiger partial charge >= 0.3 is 6.03 Å². The van der Waals surface area contributed by atoms with Crippen LogP contribution in [0.1, 0.15) is 11.6 Å². The lowest BCUT2D eigenvalue weighted by Gasteiger charge is -2.15. The predicted molar refractivity (Wildman–Crippen MR) is 48.3 cm³/mol. The van der Waals surface area contributed by atoms with Crippen molar-refractivity contribution in [1.82, 2.24) is 15.2 Å². The number of carbonyl (C=O) groups is 2. The lowest BCUT2D eigenvalue weighted by Crippen LogP contribution is -2.25. The second-order valence-corrected chi connectivity index (χ2v) is 3.09. The van der Waals surface area contributed by atoms with Gasteiger partial charge in [-0.3, -0.25) is 15.1 Å². The highest BCUT2D eigenvalue weighted by atomic mass is 16.2. The summed E-state index contributed by atoms with van der Waals surface area (Å²) in [6, 6.07) is 2.56. The minimum atomic E-state index is -0.523. The van der Waals surface area contributed by atoms with Crippen LogP contribution in [0.2, 0.25) is 0 Å². The zero-order valence-electron chi connectivity index (χ0n) is 7.60. The maximum atomic E-state index is 11.4. The standard InChI is InChI=1S/C9H9N3O2/c1-12-7(8(13)11-9(12)14)6-2-4-10-5-3-6/h2-5,7H,1H3,(H,11,13,14). The third-order valence-electron chi connectivity index (χ3n) is 2.21.